The molecule has 1 saturated carbocycles. The van der Waals surface area contributed by atoms with E-state index in [4.69, 9.17) is 0 Å². The molecule has 0 spiro atoms. The number of benzene rings is 2. The van der Waals surface area contributed by atoms with Gasteiger partial charge >= 0.3 is 0 Å². The number of hydrogen-bond acceptors (Lipinski definition) is 4. The van der Waals surface area contributed by atoms with E-state index in [0.717, 1.165) is 30.4 Å². The molecule has 33 heavy (non-hydrogen) atoms. The summed E-state index contributed by atoms with van der Waals surface area (Å²) >= 11 is 0. The minimum atomic E-state index is -0.991. The second kappa shape index (κ2) is 10.4. The second-order valence-electron chi connectivity index (χ2n) is 8.78. The Morgan fingerprint density at radius 2 is 1.55 bits per heavy atom. The number of ketones is 1. The van der Waals surface area contributed by atoms with Crippen molar-refractivity contribution in [1.29, 1.82) is 0 Å². The summed E-state index contributed by atoms with van der Waals surface area (Å²) < 4.78 is 0. The van der Waals surface area contributed by atoms with E-state index in [-0.39, 0.29) is 24.8 Å². The van der Waals surface area contributed by atoms with Crippen LogP contribution in [-0.4, -0.2) is 46.5 Å². The second-order valence-corrected chi connectivity index (χ2v) is 8.78. The smallest absolute Gasteiger partial charge is 0.289 e. The number of carbonyl (C=O) groups is 4. The third-order valence-electron chi connectivity index (χ3n) is 6.41. The van der Waals surface area contributed by atoms with Gasteiger partial charge in [-0.05, 0) is 36.8 Å². The maximum Gasteiger partial charge on any atom is 0.289 e. The highest BCUT2D eigenvalue weighted by atomic mass is 16.2. The van der Waals surface area contributed by atoms with Crippen molar-refractivity contribution in [2.24, 2.45) is 0 Å². The van der Waals surface area contributed by atoms with Crippen LogP contribution in [0, 0.1) is 0 Å². The number of Topliss-reactive ketones (excluding diaryl/α,β-unsaturated/α-hetero) is 1. The summed E-state index contributed by atoms with van der Waals surface area (Å²) in [5.74, 6) is -1.81. The van der Waals surface area contributed by atoms with Gasteiger partial charge in [-0.3, -0.25) is 19.2 Å². The van der Waals surface area contributed by atoms with E-state index in [1.165, 1.54) is 0 Å². The Balaban J connectivity index is 1.47. The van der Waals surface area contributed by atoms with Crippen LogP contribution in [0.1, 0.15) is 43.2 Å². The largest absolute Gasteiger partial charge is 0.347 e. The molecule has 7 nitrogen and oxygen atoms in total. The van der Waals surface area contributed by atoms with Gasteiger partial charge in [-0.15, -0.1) is 0 Å². The zero-order valence-electron chi connectivity index (χ0n) is 18.5. The van der Waals surface area contributed by atoms with Gasteiger partial charge < -0.3 is 15.5 Å². The van der Waals surface area contributed by atoms with Crippen molar-refractivity contribution < 1.29 is 19.2 Å². The first-order valence-electron chi connectivity index (χ1n) is 11.5. The molecule has 0 aromatic heterocycles. The minimum Gasteiger partial charge on any atom is -0.347 e. The summed E-state index contributed by atoms with van der Waals surface area (Å²) in [4.78, 5) is 52.8. The maximum absolute atomic E-state index is 13.2. The van der Waals surface area contributed by atoms with Gasteiger partial charge in [0.25, 0.3) is 5.91 Å². The number of likely N-dealkylation sites (tertiary alicyclic amines) is 1. The first kappa shape index (κ1) is 22.7. The fourth-order valence-corrected chi connectivity index (χ4v) is 4.28. The number of carbonyl (C=O) groups excluding carboxylic acids is 4. The minimum absolute atomic E-state index is 0.0309. The highest BCUT2D eigenvalue weighted by Gasteiger charge is 2.38. The Bertz CT molecular complexity index is 1000. The maximum atomic E-state index is 13.2. The fraction of sp³-hybridized carbons (Fsp3) is 0.385. The monoisotopic (exact) mass is 447 g/mol. The molecular formula is C26H29N3O4. The summed E-state index contributed by atoms with van der Waals surface area (Å²) in [6, 6.07) is 17.2. The zero-order chi connectivity index (χ0) is 23.2. The van der Waals surface area contributed by atoms with Crippen LogP contribution in [0.4, 0.5) is 0 Å². The van der Waals surface area contributed by atoms with E-state index >= 15 is 0 Å². The molecule has 0 bridgehead atoms. The number of amides is 3. The van der Waals surface area contributed by atoms with E-state index < -0.39 is 29.7 Å². The Kier molecular flexibility index (Phi) is 7.17. The molecule has 4 rings (SSSR count). The number of nitrogens with zero attached hydrogens (tertiary/aromatic N) is 1. The van der Waals surface area contributed by atoms with E-state index in [2.05, 4.69) is 10.6 Å². The van der Waals surface area contributed by atoms with E-state index in [9.17, 15) is 19.2 Å². The van der Waals surface area contributed by atoms with Crippen LogP contribution in [0.5, 0.6) is 0 Å². The van der Waals surface area contributed by atoms with Crippen molar-refractivity contribution in [2.45, 2.75) is 63.2 Å². The van der Waals surface area contributed by atoms with Crippen molar-refractivity contribution in [2.75, 3.05) is 0 Å². The molecule has 2 aliphatic rings. The van der Waals surface area contributed by atoms with Gasteiger partial charge in [0, 0.05) is 25.4 Å². The molecule has 1 saturated heterocycles. The average Bonchev–Trinajstić information content (AvgIpc) is 3.16. The van der Waals surface area contributed by atoms with Crippen molar-refractivity contribution >= 4 is 23.5 Å². The van der Waals surface area contributed by atoms with E-state index in [1.807, 2.05) is 60.7 Å². The molecule has 2 N–H and O–H groups in total. The number of rotatable bonds is 9. The first-order chi connectivity index (χ1) is 16.0. The highest BCUT2D eigenvalue weighted by Crippen LogP contribution is 2.22. The topological polar surface area (TPSA) is 95.6 Å². The normalized spacial score (nSPS) is 19.0. The third-order valence-corrected chi connectivity index (χ3v) is 6.41. The van der Waals surface area contributed by atoms with Crippen LogP contribution >= 0.6 is 0 Å². The lowest BCUT2D eigenvalue weighted by Gasteiger charge is -2.28. The van der Waals surface area contributed by atoms with Crippen molar-refractivity contribution in [1.82, 2.24) is 15.5 Å². The lowest BCUT2D eigenvalue weighted by Crippen LogP contribution is -2.54. The lowest BCUT2D eigenvalue weighted by atomic mass is 9.92. The van der Waals surface area contributed by atoms with Gasteiger partial charge in [-0.25, -0.2) is 0 Å². The van der Waals surface area contributed by atoms with Gasteiger partial charge in [-0.2, -0.15) is 0 Å². The number of hydrogen-bond donors (Lipinski definition) is 2. The van der Waals surface area contributed by atoms with Crippen LogP contribution < -0.4 is 10.6 Å². The molecule has 2 atom stereocenters. The molecule has 1 aliphatic heterocycles. The molecule has 1 heterocycles. The van der Waals surface area contributed by atoms with E-state index in [1.54, 1.807) is 4.90 Å². The summed E-state index contributed by atoms with van der Waals surface area (Å²) in [6.45, 7) is 0.331. The lowest BCUT2D eigenvalue weighted by molar-refractivity contribution is -0.142. The predicted octanol–water partition coefficient (Wildman–Crippen LogP) is 2.14. The van der Waals surface area contributed by atoms with Crippen molar-refractivity contribution in [3.8, 4) is 0 Å². The SMILES string of the molecule is O=C(NC1CCC1)C(=O)C(Cc1ccccc1)NC(=O)C1CCC(=O)N1Cc1ccccc1. The fourth-order valence-electron chi connectivity index (χ4n) is 4.28. The standard InChI is InChI=1S/C26H29N3O4/c30-23-15-14-22(29(23)17-19-10-5-2-6-11-19)25(32)28-21(16-18-8-3-1-4-9-18)24(31)26(33)27-20-12-7-13-20/h1-6,8-11,20-22H,7,12-17H2,(H,27,33)(H,28,32). The Labute approximate surface area is 193 Å². The molecule has 2 aromatic rings. The molecule has 172 valence electrons. The van der Waals surface area contributed by atoms with Crippen LogP contribution in [-0.2, 0) is 32.1 Å². The third kappa shape index (κ3) is 5.66. The van der Waals surface area contributed by atoms with Crippen LogP contribution in [0.2, 0.25) is 0 Å². The van der Waals surface area contributed by atoms with Gasteiger partial charge in [0.05, 0.1) is 0 Å². The van der Waals surface area contributed by atoms with Crippen molar-refractivity contribution in [3.05, 3.63) is 71.8 Å². The van der Waals surface area contributed by atoms with Crippen LogP contribution in [0.3, 0.4) is 0 Å². The molecule has 2 unspecified atom stereocenters. The predicted molar refractivity (Wildman–Crippen MR) is 123 cm³/mol. The average molecular weight is 448 g/mol. The molecule has 3 amide bonds. The molecule has 7 heteroatoms. The van der Waals surface area contributed by atoms with Gasteiger partial charge in [0.1, 0.15) is 12.1 Å². The van der Waals surface area contributed by atoms with E-state index in [0.29, 0.717) is 13.0 Å². The molecular weight excluding hydrogens is 418 g/mol. The van der Waals surface area contributed by atoms with Gasteiger partial charge in [0.2, 0.25) is 17.6 Å². The number of nitrogens with one attached hydrogen (secondary N) is 2. The van der Waals surface area contributed by atoms with Crippen molar-refractivity contribution in [3.63, 3.8) is 0 Å². The Hall–Kier alpha value is -3.48. The summed E-state index contributed by atoms with van der Waals surface area (Å²) in [7, 11) is 0. The molecule has 0 radical (unpaired) electrons. The summed E-state index contributed by atoms with van der Waals surface area (Å²) in [5.41, 5.74) is 1.78. The molecule has 2 aromatic carbocycles. The molecule has 1 aliphatic carbocycles. The first-order valence-corrected chi connectivity index (χ1v) is 11.5. The van der Waals surface area contributed by atoms with Gasteiger partial charge in [0.15, 0.2) is 0 Å². The van der Waals surface area contributed by atoms with Crippen LogP contribution in [0.15, 0.2) is 60.7 Å². The summed E-state index contributed by atoms with van der Waals surface area (Å²) in [6.07, 6.45) is 3.66. The Morgan fingerprint density at radius 1 is 0.909 bits per heavy atom. The Morgan fingerprint density at radius 3 is 2.15 bits per heavy atom. The van der Waals surface area contributed by atoms with Gasteiger partial charge in [-0.1, -0.05) is 60.7 Å². The highest BCUT2D eigenvalue weighted by molar-refractivity contribution is 6.38. The zero-order valence-corrected chi connectivity index (χ0v) is 18.5. The summed E-state index contributed by atoms with van der Waals surface area (Å²) in [5, 5.41) is 5.56. The quantitative estimate of drug-likeness (QED) is 0.576. The van der Waals surface area contributed by atoms with Crippen LogP contribution in [0.25, 0.3) is 0 Å². The molecule has 2 fully saturated rings.